The molecule has 0 aliphatic carbocycles. The van der Waals surface area contributed by atoms with E-state index in [1.807, 2.05) is 6.92 Å². The fourth-order valence-corrected chi connectivity index (χ4v) is 6.29. The van der Waals surface area contributed by atoms with Crippen molar-refractivity contribution in [3.05, 3.63) is 114 Å². The summed E-state index contributed by atoms with van der Waals surface area (Å²) in [7, 11) is -4.72. The summed E-state index contributed by atoms with van der Waals surface area (Å²) in [5.41, 5.74) is -1.18. The normalized spacial score (nSPS) is 17.9. The molecule has 17 heteroatoms. The van der Waals surface area contributed by atoms with Crippen molar-refractivity contribution in [3.63, 3.8) is 0 Å². The summed E-state index contributed by atoms with van der Waals surface area (Å²) in [4.78, 5) is 57.6. The highest BCUT2D eigenvalue weighted by molar-refractivity contribution is 7.89. The lowest BCUT2D eigenvalue weighted by molar-refractivity contribution is -0.385. The number of amides is 1. The van der Waals surface area contributed by atoms with Crippen molar-refractivity contribution in [2.24, 2.45) is 0 Å². The van der Waals surface area contributed by atoms with Gasteiger partial charge in [0.05, 0.1) is 37.9 Å². The minimum atomic E-state index is -4.72. The van der Waals surface area contributed by atoms with Crippen LogP contribution >= 0.6 is 0 Å². The molecular weight excluding hydrogens is 628 g/mol. The van der Waals surface area contributed by atoms with Gasteiger partial charge in [0, 0.05) is 42.0 Å². The Morgan fingerprint density at radius 1 is 0.804 bits per heavy atom. The van der Waals surface area contributed by atoms with Crippen LogP contribution in [0.25, 0.3) is 0 Å². The van der Waals surface area contributed by atoms with Crippen LogP contribution in [-0.2, 0) is 19.5 Å². The van der Waals surface area contributed by atoms with E-state index < -0.39 is 60.3 Å². The summed E-state index contributed by atoms with van der Waals surface area (Å²) in [5.74, 6) is -1.93. The van der Waals surface area contributed by atoms with Crippen molar-refractivity contribution in [2.45, 2.75) is 55.8 Å². The Kier molecular flexibility index (Phi) is 10.4. The zero-order valence-corrected chi connectivity index (χ0v) is 25.1. The fraction of sp³-hybridized carbons (Fsp3) is 0.310. The van der Waals surface area contributed by atoms with Gasteiger partial charge < -0.3 is 9.47 Å². The van der Waals surface area contributed by atoms with E-state index in [-0.39, 0.29) is 40.7 Å². The monoisotopic (exact) mass is 656 g/mol. The van der Waals surface area contributed by atoms with Crippen LogP contribution in [0.1, 0.15) is 53.3 Å². The molecule has 1 aliphatic rings. The van der Waals surface area contributed by atoms with Gasteiger partial charge in [-0.05, 0) is 55.7 Å². The Morgan fingerprint density at radius 3 is 1.76 bits per heavy atom. The molecule has 3 aromatic rings. The molecule has 1 aliphatic heterocycles. The van der Waals surface area contributed by atoms with Gasteiger partial charge >= 0.3 is 5.97 Å². The quantitative estimate of drug-likeness (QED) is 0.146. The zero-order valence-electron chi connectivity index (χ0n) is 24.3. The number of nitrogens with zero attached hydrogens (tertiary/aromatic N) is 4. The van der Waals surface area contributed by atoms with E-state index in [2.05, 4.69) is 0 Å². The van der Waals surface area contributed by atoms with Crippen LogP contribution in [0.5, 0.6) is 0 Å². The maximum atomic E-state index is 13.9. The van der Waals surface area contributed by atoms with Gasteiger partial charge in [0.25, 0.3) is 33.0 Å². The van der Waals surface area contributed by atoms with Gasteiger partial charge in [-0.25, -0.2) is 17.5 Å². The molecule has 3 aromatic carbocycles. The van der Waals surface area contributed by atoms with E-state index in [4.69, 9.17) is 9.47 Å². The lowest BCUT2D eigenvalue weighted by Gasteiger charge is -2.38. The average molecular weight is 657 g/mol. The number of nitro benzene ring substituents is 3. The van der Waals surface area contributed by atoms with Crippen molar-refractivity contribution in [2.75, 3.05) is 6.54 Å². The summed E-state index contributed by atoms with van der Waals surface area (Å²) in [5, 5.41) is 33.3. The molecule has 0 radical (unpaired) electrons. The lowest BCUT2D eigenvalue weighted by atomic mass is 9.98. The third-order valence-electron chi connectivity index (χ3n) is 7.27. The highest BCUT2D eigenvalue weighted by atomic mass is 32.2. The molecule has 0 N–H and O–H groups in total. The molecule has 3 atom stereocenters. The minimum Gasteiger partial charge on any atom is -0.456 e. The second-order valence-corrected chi connectivity index (χ2v) is 12.2. The van der Waals surface area contributed by atoms with Crippen molar-refractivity contribution < 1.29 is 42.3 Å². The van der Waals surface area contributed by atoms with E-state index in [1.165, 1.54) is 12.1 Å². The summed E-state index contributed by atoms with van der Waals surface area (Å²) in [6.07, 6.45) is -0.568. The number of nitro groups is 3. The first-order chi connectivity index (χ1) is 21.8. The Labute approximate surface area is 262 Å². The average Bonchev–Trinajstić information content (AvgIpc) is 3.04. The van der Waals surface area contributed by atoms with Crippen molar-refractivity contribution in [1.82, 2.24) is 4.31 Å². The highest BCUT2D eigenvalue weighted by Gasteiger charge is 2.40. The summed E-state index contributed by atoms with van der Waals surface area (Å²) >= 11 is 0. The van der Waals surface area contributed by atoms with Crippen LogP contribution in [-0.4, -0.2) is 64.2 Å². The number of hydrogen-bond acceptors (Lipinski definition) is 12. The largest absolute Gasteiger partial charge is 0.456 e. The first kappa shape index (κ1) is 33.6. The third-order valence-corrected chi connectivity index (χ3v) is 9.03. The van der Waals surface area contributed by atoms with Crippen LogP contribution < -0.4 is 0 Å². The Bertz CT molecular complexity index is 1730. The van der Waals surface area contributed by atoms with Gasteiger partial charge in [0.2, 0.25) is 0 Å². The predicted molar refractivity (Wildman–Crippen MR) is 160 cm³/mol. The van der Waals surface area contributed by atoms with Crippen LogP contribution in [0.4, 0.5) is 17.1 Å². The minimum absolute atomic E-state index is 0.00246. The number of esters is 1. The molecular formula is C29H28N4O12S. The number of ether oxygens (including phenoxy) is 2. The van der Waals surface area contributed by atoms with Gasteiger partial charge in [-0.1, -0.05) is 13.3 Å². The lowest BCUT2D eigenvalue weighted by Crippen LogP contribution is -2.51. The topological polar surface area (TPSA) is 219 Å². The maximum Gasteiger partial charge on any atom is 0.338 e. The Hall–Kier alpha value is -5.29. The zero-order chi connectivity index (χ0) is 33.6. The number of carbonyl (C=O) groups excluding carboxylic acids is 2. The molecule has 1 heterocycles. The van der Waals surface area contributed by atoms with Gasteiger partial charge in [-0.3, -0.25) is 35.1 Å². The van der Waals surface area contributed by atoms with Crippen LogP contribution in [0.2, 0.25) is 0 Å². The first-order valence-electron chi connectivity index (χ1n) is 14.0. The van der Waals surface area contributed by atoms with Crippen LogP contribution in [0.15, 0.2) is 77.7 Å². The van der Waals surface area contributed by atoms with Crippen LogP contribution in [0.3, 0.4) is 0 Å². The number of non-ortho nitro benzene ring substituents is 3. The van der Waals surface area contributed by atoms with E-state index in [0.29, 0.717) is 17.1 Å². The number of rotatable bonds is 12. The van der Waals surface area contributed by atoms with E-state index in [0.717, 1.165) is 67.1 Å². The second-order valence-electron chi connectivity index (χ2n) is 10.3. The molecule has 242 valence electrons. The number of benzene rings is 3. The fourth-order valence-electron chi connectivity index (χ4n) is 4.88. The van der Waals surface area contributed by atoms with Gasteiger partial charge in [0.1, 0.15) is 12.2 Å². The van der Waals surface area contributed by atoms with E-state index in [1.54, 1.807) is 0 Å². The molecule has 1 fully saturated rings. The van der Waals surface area contributed by atoms with Gasteiger partial charge in [0.15, 0.2) is 0 Å². The molecule has 46 heavy (non-hydrogen) atoms. The summed E-state index contributed by atoms with van der Waals surface area (Å²) in [6, 6.07) is 12.8. The van der Waals surface area contributed by atoms with Gasteiger partial charge in [-0.2, -0.15) is 0 Å². The predicted octanol–water partition coefficient (Wildman–Crippen LogP) is 4.82. The molecule has 4 rings (SSSR count). The molecule has 0 aromatic heterocycles. The van der Waals surface area contributed by atoms with Crippen molar-refractivity contribution in [3.8, 4) is 0 Å². The molecule has 1 amide bonds. The molecule has 0 bridgehead atoms. The summed E-state index contributed by atoms with van der Waals surface area (Å²) in [6.45, 7) is 1.27. The van der Waals surface area contributed by atoms with Crippen LogP contribution in [0, 0.1) is 30.3 Å². The van der Waals surface area contributed by atoms with E-state index in [9.17, 15) is 48.3 Å². The number of carbonyl (C=O) groups is 2. The second kappa shape index (κ2) is 14.2. The molecule has 1 saturated heterocycles. The molecule has 0 spiro atoms. The number of hydrogen-bond donors (Lipinski definition) is 0. The standard InChI is InChI=1S/C29H28N4O12S/c1-2-3-24-14-17-26(45-29(35)20-6-10-22(11-7-20)32(38)39)27(44-24)18-30(28(34)19-4-8-21(9-5-19)31(36)37)46(42,43)25-15-12-23(13-16-25)33(40)41/h4-13,15-16,24,26-27H,2-3,14,17-18H2,1H3/t24-,26-,27-/m1/s1. The third kappa shape index (κ3) is 7.67. The van der Waals surface area contributed by atoms with Crippen molar-refractivity contribution in [1.29, 1.82) is 0 Å². The highest BCUT2D eigenvalue weighted by Crippen LogP contribution is 2.30. The maximum absolute atomic E-state index is 13.9. The smallest absolute Gasteiger partial charge is 0.338 e. The van der Waals surface area contributed by atoms with E-state index >= 15 is 0 Å². The summed E-state index contributed by atoms with van der Waals surface area (Å²) < 4.78 is 40.2. The molecule has 16 nitrogen and oxygen atoms in total. The molecule has 0 unspecified atom stereocenters. The Balaban J connectivity index is 1.70. The first-order valence-corrected chi connectivity index (χ1v) is 15.4. The van der Waals surface area contributed by atoms with Crippen molar-refractivity contribution >= 4 is 39.0 Å². The SMILES string of the molecule is CCC[C@@H]1CC[C@@H](OC(=O)c2ccc([N+](=O)[O-])cc2)[C@@H](CN(C(=O)c2ccc([N+](=O)[O-])cc2)S(=O)(=O)c2ccc([N+](=O)[O-])cc2)O1. The van der Waals surface area contributed by atoms with Gasteiger partial charge in [-0.15, -0.1) is 0 Å². The molecule has 0 saturated carbocycles. The Morgan fingerprint density at radius 2 is 1.28 bits per heavy atom. The number of sulfonamides is 1.